The van der Waals surface area contributed by atoms with Gasteiger partial charge in [0.25, 0.3) is 5.91 Å². The lowest BCUT2D eigenvalue weighted by atomic mass is 10.1. The first-order valence-corrected chi connectivity index (χ1v) is 12.0. The number of amides is 2. The second-order valence-corrected chi connectivity index (χ2v) is 10.2. The van der Waals surface area contributed by atoms with Crippen molar-refractivity contribution in [1.29, 1.82) is 0 Å². The number of nitrogens with one attached hydrogen (secondary N) is 1. The molecule has 3 aliphatic rings. The number of nitrogens with zero attached hydrogens (tertiary/aromatic N) is 3. The number of benzene rings is 1. The lowest BCUT2D eigenvalue weighted by Gasteiger charge is -2.29. The summed E-state index contributed by atoms with van der Waals surface area (Å²) in [4.78, 5) is 27.2. The quantitative estimate of drug-likeness (QED) is 0.732. The molecule has 2 atom stereocenters. The molecular formula is C20H25FN4O4S. The largest absolute Gasteiger partial charge is 0.346 e. The van der Waals surface area contributed by atoms with Crippen molar-refractivity contribution >= 4 is 27.4 Å². The predicted molar refractivity (Wildman–Crippen MR) is 109 cm³/mol. The summed E-state index contributed by atoms with van der Waals surface area (Å²) in [5.41, 5.74) is 0.910. The topological polar surface area (TPSA) is 99.2 Å². The number of rotatable bonds is 5. The number of halogens is 1. The van der Waals surface area contributed by atoms with Gasteiger partial charge in [-0.1, -0.05) is 12.1 Å². The molecule has 0 aromatic heterocycles. The minimum Gasteiger partial charge on any atom is -0.346 e. The van der Waals surface area contributed by atoms with E-state index in [1.165, 1.54) is 17.1 Å². The zero-order chi connectivity index (χ0) is 21.3. The summed E-state index contributed by atoms with van der Waals surface area (Å²) in [5.74, 6) is -1.04. The fourth-order valence-electron chi connectivity index (χ4n) is 4.30. The molecule has 3 heterocycles. The van der Waals surface area contributed by atoms with E-state index in [0.29, 0.717) is 5.56 Å². The van der Waals surface area contributed by atoms with E-state index in [-0.39, 0.29) is 54.4 Å². The van der Waals surface area contributed by atoms with Crippen LogP contribution in [-0.2, 0) is 26.0 Å². The van der Waals surface area contributed by atoms with E-state index in [9.17, 15) is 22.4 Å². The first kappa shape index (κ1) is 20.9. The van der Waals surface area contributed by atoms with Crippen LogP contribution in [0.4, 0.5) is 4.39 Å². The van der Waals surface area contributed by atoms with Gasteiger partial charge >= 0.3 is 0 Å². The Balaban J connectivity index is 1.46. The Labute approximate surface area is 175 Å². The van der Waals surface area contributed by atoms with E-state index < -0.39 is 21.8 Å². The maximum absolute atomic E-state index is 13.1. The lowest BCUT2D eigenvalue weighted by molar-refractivity contribution is -0.132. The van der Waals surface area contributed by atoms with Gasteiger partial charge in [0.2, 0.25) is 5.91 Å². The summed E-state index contributed by atoms with van der Waals surface area (Å²) in [7, 11) is -3.21. The summed E-state index contributed by atoms with van der Waals surface area (Å²) >= 11 is 0. The van der Waals surface area contributed by atoms with Crippen molar-refractivity contribution < 1.29 is 22.4 Å². The molecule has 0 aliphatic carbocycles. The molecule has 2 saturated heterocycles. The van der Waals surface area contributed by atoms with Crippen LogP contribution in [0.2, 0.25) is 0 Å². The highest BCUT2D eigenvalue weighted by molar-refractivity contribution is 7.91. The zero-order valence-electron chi connectivity index (χ0n) is 16.6. The van der Waals surface area contributed by atoms with Crippen molar-refractivity contribution in [3.8, 4) is 0 Å². The predicted octanol–water partition coefficient (Wildman–Crippen LogP) is 0.682. The van der Waals surface area contributed by atoms with Gasteiger partial charge in [-0.25, -0.2) is 17.8 Å². The fourth-order valence-corrected chi connectivity index (χ4v) is 6.25. The maximum atomic E-state index is 13.1. The molecule has 0 spiro atoms. The van der Waals surface area contributed by atoms with Gasteiger partial charge in [0.05, 0.1) is 24.1 Å². The molecule has 8 nitrogen and oxygen atoms in total. The van der Waals surface area contributed by atoms with Crippen molar-refractivity contribution in [2.24, 2.45) is 5.10 Å². The average Bonchev–Trinajstić information content (AvgIpc) is 3.32. The normalized spacial score (nSPS) is 26.6. The maximum Gasteiger partial charge on any atom is 0.267 e. The highest BCUT2D eigenvalue weighted by Gasteiger charge is 2.42. The van der Waals surface area contributed by atoms with Crippen molar-refractivity contribution in [2.75, 3.05) is 24.6 Å². The molecular weight excluding hydrogens is 411 g/mol. The van der Waals surface area contributed by atoms with Crippen LogP contribution in [0.25, 0.3) is 0 Å². The molecule has 1 aromatic rings. The van der Waals surface area contributed by atoms with Crippen LogP contribution in [0.3, 0.4) is 0 Å². The molecule has 2 amide bonds. The van der Waals surface area contributed by atoms with Crippen LogP contribution in [0, 0.1) is 5.82 Å². The lowest BCUT2D eigenvalue weighted by Crippen LogP contribution is -2.52. The van der Waals surface area contributed by atoms with E-state index in [1.54, 1.807) is 12.1 Å². The van der Waals surface area contributed by atoms with Gasteiger partial charge in [-0.15, -0.1) is 0 Å². The summed E-state index contributed by atoms with van der Waals surface area (Å²) in [5, 5.41) is 8.29. The van der Waals surface area contributed by atoms with Crippen LogP contribution >= 0.6 is 0 Å². The highest BCUT2D eigenvalue weighted by atomic mass is 32.2. The van der Waals surface area contributed by atoms with Gasteiger partial charge in [-0.2, -0.15) is 5.10 Å². The standard InChI is InChI=1S/C20H25FN4O4S/c21-15-5-3-14(4-6-15)11-25-19(26)8-7-16(23-25)20(27)22-17-12-30(28,29)13-18(17)24-9-1-2-10-24/h3-6,17-18H,1-2,7-13H2,(H,22,27). The van der Waals surface area contributed by atoms with E-state index in [1.807, 2.05) is 0 Å². The molecule has 162 valence electrons. The Morgan fingerprint density at radius 2 is 1.83 bits per heavy atom. The van der Waals surface area contributed by atoms with Gasteiger partial charge in [0.1, 0.15) is 11.5 Å². The molecule has 0 saturated carbocycles. The smallest absolute Gasteiger partial charge is 0.267 e. The van der Waals surface area contributed by atoms with Crippen LogP contribution in [0.15, 0.2) is 29.4 Å². The molecule has 2 unspecified atom stereocenters. The van der Waals surface area contributed by atoms with Gasteiger partial charge in [-0.05, 0) is 43.6 Å². The van der Waals surface area contributed by atoms with E-state index in [0.717, 1.165) is 25.9 Å². The number of carbonyl (C=O) groups is 2. The van der Waals surface area contributed by atoms with E-state index in [2.05, 4.69) is 15.3 Å². The van der Waals surface area contributed by atoms with Gasteiger partial charge in [-0.3, -0.25) is 14.5 Å². The first-order chi connectivity index (χ1) is 14.3. The van der Waals surface area contributed by atoms with E-state index in [4.69, 9.17) is 0 Å². The summed E-state index contributed by atoms with van der Waals surface area (Å²) < 4.78 is 37.5. The minimum atomic E-state index is -3.21. The fraction of sp³-hybridized carbons (Fsp3) is 0.550. The number of hydrogen-bond donors (Lipinski definition) is 1. The van der Waals surface area contributed by atoms with Gasteiger partial charge in [0, 0.05) is 18.9 Å². The Morgan fingerprint density at radius 3 is 2.53 bits per heavy atom. The molecule has 4 rings (SSSR count). The third kappa shape index (κ3) is 4.70. The summed E-state index contributed by atoms with van der Waals surface area (Å²) in [6, 6.07) is 5.04. The molecule has 2 fully saturated rings. The van der Waals surface area contributed by atoms with Crippen LogP contribution < -0.4 is 5.32 Å². The SMILES string of the molecule is O=C(NC1CS(=O)(=O)CC1N1CCCC1)C1=NN(Cc2ccc(F)cc2)C(=O)CC1. The molecule has 0 radical (unpaired) electrons. The number of hydrogen-bond acceptors (Lipinski definition) is 6. The molecule has 1 N–H and O–H groups in total. The molecule has 10 heteroatoms. The van der Waals surface area contributed by atoms with Gasteiger partial charge < -0.3 is 5.32 Å². The monoisotopic (exact) mass is 436 g/mol. The van der Waals surface area contributed by atoms with Crippen molar-refractivity contribution in [1.82, 2.24) is 15.2 Å². The molecule has 3 aliphatic heterocycles. The van der Waals surface area contributed by atoms with Crippen molar-refractivity contribution in [3.05, 3.63) is 35.6 Å². The molecule has 1 aromatic carbocycles. The number of hydrazone groups is 1. The van der Waals surface area contributed by atoms with Gasteiger partial charge in [0.15, 0.2) is 9.84 Å². The van der Waals surface area contributed by atoms with Crippen LogP contribution in [-0.4, -0.2) is 72.5 Å². The second-order valence-electron chi connectivity index (χ2n) is 8.09. The minimum absolute atomic E-state index is 0.0552. The highest BCUT2D eigenvalue weighted by Crippen LogP contribution is 2.23. The first-order valence-electron chi connectivity index (χ1n) is 10.2. The molecule has 30 heavy (non-hydrogen) atoms. The Bertz CT molecular complexity index is 958. The zero-order valence-corrected chi connectivity index (χ0v) is 17.4. The van der Waals surface area contributed by atoms with Crippen LogP contribution in [0.1, 0.15) is 31.2 Å². The third-order valence-corrected chi connectivity index (χ3v) is 7.58. The van der Waals surface area contributed by atoms with Crippen molar-refractivity contribution in [2.45, 2.75) is 44.3 Å². The second kappa shape index (κ2) is 8.43. The van der Waals surface area contributed by atoms with Crippen LogP contribution in [0.5, 0.6) is 0 Å². The van der Waals surface area contributed by atoms with E-state index >= 15 is 0 Å². The Kier molecular flexibility index (Phi) is 5.88. The Hall–Kier alpha value is -2.33. The summed E-state index contributed by atoms with van der Waals surface area (Å²) in [6.45, 7) is 1.82. The average molecular weight is 437 g/mol. The summed E-state index contributed by atoms with van der Waals surface area (Å²) in [6.07, 6.45) is 2.42. The number of carbonyl (C=O) groups excluding carboxylic acids is 2. The van der Waals surface area contributed by atoms with Crippen molar-refractivity contribution in [3.63, 3.8) is 0 Å². The number of likely N-dealkylation sites (tertiary alicyclic amines) is 1. The third-order valence-electron chi connectivity index (χ3n) is 5.86. The molecule has 0 bridgehead atoms. The number of sulfone groups is 1. The Morgan fingerprint density at radius 1 is 1.13 bits per heavy atom.